The van der Waals surface area contributed by atoms with E-state index in [4.69, 9.17) is 5.73 Å². The molecule has 0 fully saturated rings. The van der Waals surface area contributed by atoms with Crippen LogP contribution in [0.15, 0.2) is 24.9 Å². The average molecular weight is 157 g/mol. The topological polar surface area (TPSA) is 26.0 Å². The molecule has 2 N–H and O–H groups in total. The van der Waals surface area contributed by atoms with Gasteiger partial charge in [0, 0.05) is 5.70 Å². The van der Waals surface area contributed by atoms with Crippen molar-refractivity contribution >= 4 is 0 Å². The van der Waals surface area contributed by atoms with E-state index in [0.717, 1.165) is 6.42 Å². The Morgan fingerprint density at radius 2 is 2.27 bits per heavy atom. The number of halogens is 1. The van der Waals surface area contributed by atoms with Gasteiger partial charge in [0.25, 0.3) is 0 Å². The van der Waals surface area contributed by atoms with Crippen molar-refractivity contribution in [3.8, 4) is 0 Å². The highest BCUT2D eigenvalue weighted by Gasteiger charge is 2.06. The highest BCUT2D eigenvalue weighted by Crippen LogP contribution is 2.16. The summed E-state index contributed by atoms with van der Waals surface area (Å²) in [6, 6.07) is 0. The first kappa shape index (κ1) is 10.2. The van der Waals surface area contributed by atoms with Gasteiger partial charge in [-0.1, -0.05) is 12.7 Å². The molecular formula is C9H16FN. The molecule has 0 saturated carbocycles. The first-order valence-electron chi connectivity index (χ1n) is 3.80. The van der Waals surface area contributed by atoms with Crippen molar-refractivity contribution in [2.75, 3.05) is 6.67 Å². The lowest BCUT2D eigenvalue weighted by molar-refractivity contribution is 0.385. The van der Waals surface area contributed by atoms with Gasteiger partial charge in [0.05, 0.1) is 6.67 Å². The Bertz CT molecular complexity index is 132. The Labute approximate surface area is 67.8 Å². The Hall–Kier alpha value is -0.790. The second-order valence-corrected chi connectivity index (χ2v) is 2.73. The first-order valence-corrected chi connectivity index (χ1v) is 3.80. The molecule has 1 nitrogen and oxygen atoms in total. The lowest BCUT2D eigenvalue weighted by Crippen LogP contribution is -2.06. The van der Waals surface area contributed by atoms with E-state index in [1.54, 1.807) is 6.08 Å². The van der Waals surface area contributed by atoms with Crippen LogP contribution >= 0.6 is 0 Å². The van der Waals surface area contributed by atoms with Crippen molar-refractivity contribution in [1.82, 2.24) is 0 Å². The summed E-state index contributed by atoms with van der Waals surface area (Å²) >= 11 is 0. The lowest BCUT2D eigenvalue weighted by atomic mass is 9.97. The summed E-state index contributed by atoms with van der Waals surface area (Å²) in [4.78, 5) is 0. The van der Waals surface area contributed by atoms with Gasteiger partial charge in [-0.05, 0) is 25.2 Å². The first-order chi connectivity index (χ1) is 5.20. The summed E-state index contributed by atoms with van der Waals surface area (Å²) < 4.78 is 11.9. The molecule has 0 aliphatic carbocycles. The Balaban J connectivity index is 3.67. The largest absolute Gasteiger partial charge is 0.403 e. The number of nitrogens with two attached hydrogens (primary N) is 1. The van der Waals surface area contributed by atoms with Crippen molar-refractivity contribution in [1.29, 1.82) is 0 Å². The Morgan fingerprint density at radius 3 is 2.64 bits per heavy atom. The smallest absolute Gasteiger partial charge is 0.0897 e. The number of hydrogen-bond acceptors (Lipinski definition) is 1. The zero-order chi connectivity index (χ0) is 8.69. The van der Waals surface area contributed by atoms with Crippen molar-refractivity contribution in [2.24, 2.45) is 11.7 Å². The lowest BCUT2D eigenvalue weighted by Gasteiger charge is -2.11. The molecule has 0 amide bonds. The van der Waals surface area contributed by atoms with Gasteiger partial charge in [0.2, 0.25) is 0 Å². The van der Waals surface area contributed by atoms with E-state index in [-0.39, 0.29) is 12.6 Å². The third-order valence-corrected chi connectivity index (χ3v) is 1.57. The number of allylic oxidation sites excluding steroid dienone is 2. The minimum Gasteiger partial charge on any atom is -0.403 e. The van der Waals surface area contributed by atoms with Crippen LogP contribution in [-0.2, 0) is 0 Å². The van der Waals surface area contributed by atoms with Crippen LogP contribution in [0.1, 0.15) is 19.3 Å². The second-order valence-electron chi connectivity index (χ2n) is 2.73. The van der Waals surface area contributed by atoms with Gasteiger partial charge >= 0.3 is 0 Å². The summed E-state index contributed by atoms with van der Waals surface area (Å²) in [6.45, 7) is 6.89. The van der Waals surface area contributed by atoms with Crippen molar-refractivity contribution in [2.45, 2.75) is 19.3 Å². The van der Waals surface area contributed by atoms with Gasteiger partial charge in [0.15, 0.2) is 0 Å². The van der Waals surface area contributed by atoms with Gasteiger partial charge in [-0.15, -0.1) is 6.58 Å². The van der Waals surface area contributed by atoms with E-state index in [0.29, 0.717) is 18.5 Å². The molecule has 0 aromatic heterocycles. The van der Waals surface area contributed by atoms with Crippen LogP contribution in [-0.4, -0.2) is 6.67 Å². The normalized spacial score (nSPS) is 12.5. The SMILES string of the molecule is C=CCC(CCF)CC(=C)N. The van der Waals surface area contributed by atoms with Gasteiger partial charge in [-0.25, -0.2) is 0 Å². The summed E-state index contributed by atoms with van der Waals surface area (Å²) in [7, 11) is 0. The van der Waals surface area contributed by atoms with Gasteiger partial charge < -0.3 is 5.73 Å². The second kappa shape index (κ2) is 5.96. The predicted molar refractivity (Wildman–Crippen MR) is 46.8 cm³/mol. The number of alkyl halides is 1. The van der Waals surface area contributed by atoms with Crippen LogP contribution in [0.5, 0.6) is 0 Å². The zero-order valence-electron chi connectivity index (χ0n) is 6.85. The molecule has 0 radical (unpaired) electrons. The highest BCUT2D eigenvalue weighted by molar-refractivity contribution is 4.90. The van der Waals surface area contributed by atoms with Gasteiger partial charge in [-0.3, -0.25) is 4.39 Å². The molecule has 1 atom stereocenters. The molecule has 0 aliphatic rings. The van der Waals surface area contributed by atoms with Crippen LogP contribution in [0.25, 0.3) is 0 Å². The van der Waals surface area contributed by atoms with Gasteiger partial charge in [0.1, 0.15) is 0 Å². The maximum Gasteiger partial charge on any atom is 0.0897 e. The Morgan fingerprint density at radius 1 is 1.64 bits per heavy atom. The van der Waals surface area contributed by atoms with Crippen LogP contribution in [0.4, 0.5) is 4.39 Å². The van der Waals surface area contributed by atoms with Crippen LogP contribution in [0.3, 0.4) is 0 Å². The summed E-state index contributed by atoms with van der Waals surface area (Å²) in [5.41, 5.74) is 6.03. The van der Waals surface area contributed by atoms with Crippen LogP contribution < -0.4 is 5.73 Å². The number of hydrogen-bond donors (Lipinski definition) is 1. The summed E-state index contributed by atoms with van der Waals surface area (Å²) in [5.74, 6) is 0.287. The standard InChI is InChI=1S/C9H16FN/c1-3-4-9(5-6-10)7-8(2)11/h3,9H,1-2,4-7,11H2. The van der Waals surface area contributed by atoms with E-state index in [9.17, 15) is 4.39 Å². The fraction of sp³-hybridized carbons (Fsp3) is 0.556. The molecule has 11 heavy (non-hydrogen) atoms. The number of rotatable bonds is 6. The summed E-state index contributed by atoms with van der Waals surface area (Å²) in [5, 5.41) is 0. The Kier molecular flexibility index (Phi) is 5.53. The van der Waals surface area contributed by atoms with Crippen molar-refractivity contribution in [3.63, 3.8) is 0 Å². The van der Waals surface area contributed by atoms with E-state index in [1.165, 1.54) is 0 Å². The molecule has 0 bridgehead atoms. The third-order valence-electron chi connectivity index (χ3n) is 1.57. The zero-order valence-corrected chi connectivity index (χ0v) is 6.85. The third kappa shape index (κ3) is 5.64. The summed E-state index contributed by atoms with van der Waals surface area (Å²) in [6.07, 6.45) is 3.88. The van der Waals surface area contributed by atoms with Crippen LogP contribution in [0.2, 0.25) is 0 Å². The molecule has 0 aromatic rings. The van der Waals surface area contributed by atoms with E-state index >= 15 is 0 Å². The maximum atomic E-state index is 11.9. The van der Waals surface area contributed by atoms with E-state index in [1.807, 2.05) is 0 Å². The minimum absolute atomic E-state index is 0.286. The molecule has 0 aromatic carbocycles. The molecule has 2 heteroatoms. The average Bonchev–Trinajstić information content (AvgIpc) is 1.87. The van der Waals surface area contributed by atoms with E-state index in [2.05, 4.69) is 13.2 Å². The quantitative estimate of drug-likeness (QED) is 0.589. The molecule has 0 rings (SSSR count). The monoisotopic (exact) mass is 157 g/mol. The molecule has 1 unspecified atom stereocenters. The molecule has 0 heterocycles. The molecule has 0 saturated heterocycles. The predicted octanol–water partition coefficient (Wildman–Crippen LogP) is 2.40. The maximum absolute atomic E-state index is 11.9. The van der Waals surface area contributed by atoms with E-state index < -0.39 is 0 Å². The molecule has 0 spiro atoms. The fourth-order valence-corrected chi connectivity index (χ4v) is 1.06. The highest BCUT2D eigenvalue weighted by atomic mass is 19.1. The fourth-order valence-electron chi connectivity index (χ4n) is 1.06. The molecule has 0 aliphatic heterocycles. The van der Waals surface area contributed by atoms with Crippen LogP contribution in [0, 0.1) is 5.92 Å². The molecule has 64 valence electrons. The minimum atomic E-state index is -0.286. The van der Waals surface area contributed by atoms with Crippen molar-refractivity contribution in [3.05, 3.63) is 24.9 Å². The van der Waals surface area contributed by atoms with Gasteiger partial charge in [-0.2, -0.15) is 0 Å². The van der Waals surface area contributed by atoms with Crippen molar-refractivity contribution < 1.29 is 4.39 Å². The molecular weight excluding hydrogens is 141 g/mol.